The second-order valence-electron chi connectivity index (χ2n) is 6.96. The second kappa shape index (κ2) is 7.23. The Labute approximate surface area is 158 Å². The third-order valence-electron chi connectivity index (χ3n) is 4.73. The van der Waals surface area contributed by atoms with Crippen LogP contribution in [-0.2, 0) is 9.59 Å². The van der Waals surface area contributed by atoms with Crippen LogP contribution in [0.4, 0.5) is 16.2 Å². The Balaban J connectivity index is 1.75. The highest BCUT2D eigenvalue weighted by atomic mass is 16.2. The Morgan fingerprint density at radius 2 is 1.63 bits per heavy atom. The molecular weight excluding hydrogens is 342 g/mol. The van der Waals surface area contributed by atoms with Gasteiger partial charge in [-0.1, -0.05) is 29.8 Å². The molecule has 1 fully saturated rings. The first-order valence-electron chi connectivity index (χ1n) is 8.86. The lowest BCUT2D eigenvalue weighted by Gasteiger charge is -2.19. The molecule has 1 aliphatic rings. The van der Waals surface area contributed by atoms with E-state index in [4.69, 9.17) is 0 Å². The van der Waals surface area contributed by atoms with Crippen molar-refractivity contribution >= 4 is 29.2 Å². The van der Waals surface area contributed by atoms with Crippen molar-refractivity contribution in [1.29, 1.82) is 0 Å². The van der Waals surface area contributed by atoms with Crippen LogP contribution in [-0.4, -0.2) is 35.3 Å². The molecule has 4 amide bonds. The molecule has 1 unspecified atom stereocenters. The summed E-state index contributed by atoms with van der Waals surface area (Å²) in [5.41, 5.74) is 4.33. The summed E-state index contributed by atoms with van der Waals surface area (Å²) in [7, 11) is 0. The first-order chi connectivity index (χ1) is 12.8. The van der Waals surface area contributed by atoms with Gasteiger partial charge in [-0.25, -0.2) is 4.79 Å². The number of carbonyl (C=O) groups is 3. The third-order valence-corrected chi connectivity index (χ3v) is 4.73. The lowest BCUT2D eigenvalue weighted by atomic mass is 10.1. The number of benzene rings is 2. The van der Waals surface area contributed by atoms with Crippen LogP contribution in [0.3, 0.4) is 0 Å². The summed E-state index contributed by atoms with van der Waals surface area (Å²) in [4.78, 5) is 40.2. The van der Waals surface area contributed by atoms with Gasteiger partial charge in [-0.05, 0) is 57.0 Å². The van der Waals surface area contributed by atoms with Crippen LogP contribution in [0.2, 0.25) is 0 Å². The van der Waals surface area contributed by atoms with Gasteiger partial charge in [0.15, 0.2) is 0 Å². The molecule has 140 valence electrons. The first kappa shape index (κ1) is 18.6. The summed E-state index contributed by atoms with van der Waals surface area (Å²) < 4.78 is 0. The number of amides is 4. The molecule has 1 aliphatic heterocycles. The van der Waals surface area contributed by atoms with Crippen molar-refractivity contribution in [3.05, 3.63) is 59.2 Å². The normalized spacial score (nSPS) is 16.8. The van der Waals surface area contributed by atoms with Crippen LogP contribution in [0.25, 0.3) is 0 Å². The molecule has 2 aromatic rings. The minimum atomic E-state index is -0.645. The van der Waals surface area contributed by atoms with Gasteiger partial charge in [-0.2, -0.15) is 0 Å². The zero-order valence-corrected chi connectivity index (χ0v) is 15.9. The van der Waals surface area contributed by atoms with Crippen molar-refractivity contribution in [3.8, 4) is 0 Å². The second-order valence-corrected chi connectivity index (χ2v) is 6.96. The molecule has 27 heavy (non-hydrogen) atoms. The molecule has 0 saturated carbocycles. The zero-order chi connectivity index (χ0) is 19.7. The fraction of sp³-hybridized carbons (Fsp3) is 0.286. The van der Waals surface area contributed by atoms with E-state index in [1.807, 2.05) is 51.1 Å². The van der Waals surface area contributed by atoms with Crippen LogP contribution in [0.1, 0.15) is 23.6 Å². The Morgan fingerprint density at radius 1 is 1.00 bits per heavy atom. The standard InChI is InChI=1S/C21H23N3O3/c1-13-6-9-17(10-7-13)24-16(4)20(26)23(21(24)27)12-19(25)22-18-11-14(2)5-8-15(18)3/h5-11,16H,12H2,1-4H3,(H,22,25). The average molecular weight is 365 g/mol. The van der Waals surface area contributed by atoms with Gasteiger partial charge in [0, 0.05) is 11.4 Å². The summed E-state index contributed by atoms with van der Waals surface area (Å²) in [5.74, 6) is -0.778. The summed E-state index contributed by atoms with van der Waals surface area (Å²) in [6, 6.07) is 12.0. The van der Waals surface area contributed by atoms with Crippen LogP contribution >= 0.6 is 0 Å². The lowest BCUT2D eigenvalue weighted by Crippen LogP contribution is -2.39. The number of urea groups is 1. The number of hydrogen-bond donors (Lipinski definition) is 1. The van der Waals surface area contributed by atoms with Crippen molar-refractivity contribution in [2.45, 2.75) is 33.7 Å². The van der Waals surface area contributed by atoms with E-state index in [-0.39, 0.29) is 12.5 Å². The number of aryl methyl sites for hydroxylation is 3. The lowest BCUT2D eigenvalue weighted by molar-refractivity contribution is -0.130. The van der Waals surface area contributed by atoms with E-state index < -0.39 is 18.0 Å². The van der Waals surface area contributed by atoms with Gasteiger partial charge >= 0.3 is 6.03 Å². The number of hydrogen-bond acceptors (Lipinski definition) is 3. The molecule has 6 nitrogen and oxygen atoms in total. The Kier molecular flexibility index (Phi) is 4.99. The summed E-state index contributed by atoms with van der Waals surface area (Å²) in [5, 5.41) is 2.79. The third kappa shape index (κ3) is 3.69. The molecule has 1 atom stereocenters. The van der Waals surface area contributed by atoms with Crippen molar-refractivity contribution in [2.24, 2.45) is 0 Å². The summed E-state index contributed by atoms with van der Waals surface area (Å²) >= 11 is 0. The van der Waals surface area contributed by atoms with Gasteiger partial charge in [0.2, 0.25) is 5.91 Å². The maximum atomic E-state index is 12.8. The van der Waals surface area contributed by atoms with Crippen LogP contribution in [0.5, 0.6) is 0 Å². The van der Waals surface area contributed by atoms with Crippen molar-refractivity contribution < 1.29 is 14.4 Å². The number of carbonyl (C=O) groups excluding carboxylic acids is 3. The largest absolute Gasteiger partial charge is 0.332 e. The molecule has 0 aliphatic carbocycles. The number of imide groups is 1. The topological polar surface area (TPSA) is 69.7 Å². The van der Waals surface area contributed by atoms with Crippen LogP contribution in [0.15, 0.2) is 42.5 Å². The van der Waals surface area contributed by atoms with E-state index in [1.54, 1.807) is 19.1 Å². The van der Waals surface area contributed by atoms with Crippen molar-refractivity contribution in [3.63, 3.8) is 0 Å². The average Bonchev–Trinajstić information content (AvgIpc) is 2.83. The van der Waals surface area contributed by atoms with Gasteiger partial charge in [-0.15, -0.1) is 0 Å². The van der Waals surface area contributed by atoms with E-state index in [9.17, 15) is 14.4 Å². The molecule has 0 aromatic heterocycles. The van der Waals surface area contributed by atoms with E-state index in [0.717, 1.165) is 21.6 Å². The molecular formula is C21H23N3O3. The van der Waals surface area contributed by atoms with Gasteiger partial charge in [0.1, 0.15) is 12.6 Å². The van der Waals surface area contributed by atoms with Crippen molar-refractivity contribution in [2.75, 3.05) is 16.8 Å². The highest BCUT2D eigenvalue weighted by Crippen LogP contribution is 2.26. The van der Waals surface area contributed by atoms with Gasteiger partial charge < -0.3 is 5.32 Å². The van der Waals surface area contributed by atoms with Gasteiger partial charge in [0.25, 0.3) is 5.91 Å². The maximum absolute atomic E-state index is 12.8. The molecule has 6 heteroatoms. The molecule has 0 spiro atoms. The number of nitrogens with zero attached hydrogens (tertiary/aromatic N) is 2. The number of anilines is 2. The predicted octanol–water partition coefficient (Wildman–Crippen LogP) is 3.41. The monoisotopic (exact) mass is 365 g/mol. The molecule has 1 heterocycles. The maximum Gasteiger partial charge on any atom is 0.332 e. The summed E-state index contributed by atoms with van der Waals surface area (Å²) in [6.45, 7) is 7.14. The Hall–Kier alpha value is -3.15. The molecule has 3 rings (SSSR count). The first-order valence-corrected chi connectivity index (χ1v) is 8.86. The van der Waals surface area contributed by atoms with E-state index in [2.05, 4.69) is 5.32 Å². The van der Waals surface area contributed by atoms with E-state index >= 15 is 0 Å². The SMILES string of the molecule is Cc1ccc(N2C(=O)N(CC(=O)Nc3cc(C)ccc3C)C(=O)C2C)cc1. The van der Waals surface area contributed by atoms with Gasteiger partial charge in [-0.3, -0.25) is 19.4 Å². The highest BCUT2D eigenvalue weighted by molar-refractivity contribution is 6.16. The quantitative estimate of drug-likeness (QED) is 0.844. The number of nitrogens with one attached hydrogen (secondary N) is 1. The molecule has 1 saturated heterocycles. The molecule has 0 radical (unpaired) electrons. The smallest absolute Gasteiger partial charge is 0.324 e. The van der Waals surface area contributed by atoms with Crippen LogP contribution in [0, 0.1) is 20.8 Å². The van der Waals surface area contributed by atoms with Crippen molar-refractivity contribution in [1.82, 2.24) is 4.90 Å². The minimum absolute atomic E-state index is 0.308. The molecule has 2 aromatic carbocycles. The highest BCUT2D eigenvalue weighted by Gasteiger charge is 2.44. The Bertz CT molecular complexity index is 905. The minimum Gasteiger partial charge on any atom is -0.324 e. The molecule has 1 N–H and O–H groups in total. The zero-order valence-electron chi connectivity index (χ0n) is 15.9. The van der Waals surface area contributed by atoms with E-state index in [0.29, 0.717) is 11.4 Å². The summed E-state index contributed by atoms with van der Waals surface area (Å²) in [6.07, 6.45) is 0. The Morgan fingerprint density at radius 3 is 2.30 bits per heavy atom. The fourth-order valence-corrected chi connectivity index (χ4v) is 3.11. The predicted molar refractivity (Wildman–Crippen MR) is 105 cm³/mol. The fourth-order valence-electron chi connectivity index (χ4n) is 3.11. The van der Waals surface area contributed by atoms with Gasteiger partial charge in [0.05, 0.1) is 0 Å². The van der Waals surface area contributed by atoms with E-state index in [1.165, 1.54) is 4.90 Å². The van der Waals surface area contributed by atoms with Crippen LogP contribution < -0.4 is 10.2 Å². The molecule has 0 bridgehead atoms. The number of rotatable bonds is 4.